The van der Waals surface area contributed by atoms with Crippen molar-refractivity contribution >= 4 is 11.8 Å². The molecule has 0 unspecified atom stereocenters. The highest BCUT2D eigenvalue weighted by molar-refractivity contribution is 5.82. The topological polar surface area (TPSA) is 40.6 Å². The van der Waals surface area contributed by atoms with Gasteiger partial charge < -0.3 is 9.80 Å². The van der Waals surface area contributed by atoms with E-state index in [-0.39, 0.29) is 5.92 Å². The minimum Gasteiger partial charge on any atom is -0.342 e. The fourth-order valence-electron chi connectivity index (χ4n) is 3.35. The number of carbonyl (C=O) groups excluding carboxylic acids is 2. The van der Waals surface area contributed by atoms with E-state index >= 15 is 0 Å². The maximum Gasteiger partial charge on any atom is 0.225 e. The monoisotopic (exact) mass is 336 g/mol. The minimum absolute atomic E-state index is 0.118. The summed E-state index contributed by atoms with van der Waals surface area (Å²) in [6.45, 7) is 12.2. The van der Waals surface area contributed by atoms with Gasteiger partial charge in [0.05, 0.1) is 0 Å². The molecule has 1 saturated carbocycles. The molecule has 4 nitrogen and oxygen atoms in total. The van der Waals surface area contributed by atoms with Gasteiger partial charge in [0.15, 0.2) is 0 Å². The Bertz CT molecular complexity index is 409. The summed E-state index contributed by atoms with van der Waals surface area (Å²) in [5, 5.41) is 0. The molecule has 0 radical (unpaired) electrons. The van der Waals surface area contributed by atoms with E-state index in [0.717, 1.165) is 64.7 Å². The summed E-state index contributed by atoms with van der Waals surface area (Å²) in [7, 11) is 0. The summed E-state index contributed by atoms with van der Waals surface area (Å²) in [6.07, 6.45) is 5.96. The van der Waals surface area contributed by atoms with Crippen molar-refractivity contribution in [1.82, 2.24) is 9.80 Å². The van der Waals surface area contributed by atoms with Gasteiger partial charge in [0, 0.05) is 38.0 Å². The third kappa shape index (κ3) is 5.78. The molecule has 4 heteroatoms. The molecule has 138 valence electrons. The zero-order valence-corrected chi connectivity index (χ0v) is 16.1. The molecule has 0 aromatic carbocycles. The Morgan fingerprint density at radius 2 is 1.38 bits per heavy atom. The second-order valence-corrected chi connectivity index (χ2v) is 8.56. The van der Waals surface area contributed by atoms with E-state index in [1.807, 2.05) is 4.90 Å². The molecule has 0 aromatic rings. The van der Waals surface area contributed by atoms with Crippen molar-refractivity contribution in [2.45, 2.75) is 66.2 Å². The number of piperidine rings is 1. The molecule has 0 bridgehead atoms. The Morgan fingerprint density at radius 1 is 0.875 bits per heavy atom. The van der Waals surface area contributed by atoms with E-state index in [4.69, 9.17) is 0 Å². The smallest absolute Gasteiger partial charge is 0.225 e. The number of hydrogen-bond donors (Lipinski definition) is 0. The van der Waals surface area contributed by atoms with E-state index < -0.39 is 0 Å². The number of hydrogen-bond acceptors (Lipinski definition) is 2. The van der Waals surface area contributed by atoms with Gasteiger partial charge in [-0.2, -0.15) is 0 Å². The molecule has 2 fully saturated rings. The zero-order valence-electron chi connectivity index (χ0n) is 16.1. The molecule has 2 amide bonds. The van der Waals surface area contributed by atoms with Crippen molar-refractivity contribution in [3.63, 3.8) is 0 Å². The molecule has 2 aliphatic rings. The molecule has 0 atom stereocenters. The molecule has 0 aromatic heterocycles. The van der Waals surface area contributed by atoms with E-state index in [2.05, 4.69) is 32.6 Å². The first-order chi connectivity index (χ1) is 11.4. The van der Waals surface area contributed by atoms with Crippen molar-refractivity contribution in [3.05, 3.63) is 0 Å². The van der Waals surface area contributed by atoms with Crippen LogP contribution >= 0.6 is 0 Å². The molecule has 24 heavy (non-hydrogen) atoms. The van der Waals surface area contributed by atoms with Crippen molar-refractivity contribution in [1.29, 1.82) is 0 Å². The molecule has 0 spiro atoms. The highest BCUT2D eigenvalue weighted by Gasteiger charge is 2.36. The van der Waals surface area contributed by atoms with Gasteiger partial charge in [-0.25, -0.2) is 0 Å². The summed E-state index contributed by atoms with van der Waals surface area (Å²) in [5.74, 6) is 2.32. The van der Waals surface area contributed by atoms with Crippen LogP contribution in [0.3, 0.4) is 0 Å². The van der Waals surface area contributed by atoms with Crippen molar-refractivity contribution in [3.8, 4) is 0 Å². The van der Waals surface area contributed by atoms with Gasteiger partial charge in [-0.05, 0) is 50.4 Å². The lowest BCUT2D eigenvalue weighted by Crippen LogP contribution is -2.45. The highest BCUT2D eigenvalue weighted by Crippen LogP contribution is 2.32. The van der Waals surface area contributed by atoms with Crippen LogP contribution in [0.15, 0.2) is 0 Å². The summed E-state index contributed by atoms with van der Waals surface area (Å²) in [4.78, 5) is 29.2. The molecule has 1 aliphatic heterocycles. The molecular weight excluding hydrogens is 300 g/mol. The molecule has 1 heterocycles. The third-order valence-corrected chi connectivity index (χ3v) is 5.35. The Labute approximate surface area is 148 Å². The van der Waals surface area contributed by atoms with Crippen LogP contribution in [0.2, 0.25) is 0 Å². The normalized spacial score (nSPS) is 19.2. The van der Waals surface area contributed by atoms with Crippen LogP contribution in [0.4, 0.5) is 0 Å². The van der Waals surface area contributed by atoms with Crippen LogP contribution in [0.5, 0.6) is 0 Å². The largest absolute Gasteiger partial charge is 0.342 e. The van der Waals surface area contributed by atoms with Gasteiger partial charge in [-0.3, -0.25) is 9.59 Å². The Kier molecular flexibility index (Phi) is 7.12. The Hall–Kier alpha value is -1.06. The zero-order chi connectivity index (χ0) is 17.7. The van der Waals surface area contributed by atoms with Crippen LogP contribution < -0.4 is 0 Å². The second-order valence-electron chi connectivity index (χ2n) is 8.56. The van der Waals surface area contributed by atoms with Crippen molar-refractivity contribution in [2.75, 3.05) is 26.2 Å². The number of rotatable bonds is 8. The number of likely N-dealkylation sites (tertiary alicyclic amines) is 1. The van der Waals surface area contributed by atoms with Crippen LogP contribution in [0, 0.1) is 23.7 Å². The predicted octanol–water partition coefficient (Wildman–Crippen LogP) is 3.56. The Balaban J connectivity index is 1.84. The SMILES string of the molecule is CC(C)CCN(CCC(C)C)C(=O)C1CCN(C(=O)C2CC2)CC1. The highest BCUT2D eigenvalue weighted by atomic mass is 16.2. The lowest BCUT2D eigenvalue weighted by atomic mass is 9.94. The number of nitrogens with zero attached hydrogens (tertiary/aromatic N) is 2. The summed E-state index contributed by atoms with van der Waals surface area (Å²) in [6, 6.07) is 0. The van der Waals surface area contributed by atoms with Gasteiger partial charge >= 0.3 is 0 Å². The number of amides is 2. The third-order valence-electron chi connectivity index (χ3n) is 5.35. The summed E-state index contributed by atoms with van der Waals surface area (Å²) >= 11 is 0. The minimum atomic E-state index is 0.118. The summed E-state index contributed by atoms with van der Waals surface area (Å²) in [5.41, 5.74) is 0. The van der Waals surface area contributed by atoms with Crippen LogP contribution in [0.25, 0.3) is 0 Å². The average Bonchev–Trinajstić information content (AvgIpc) is 3.38. The van der Waals surface area contributed by atoms with Gasteiger partial charge in [0.1, 0.15) is 0 Å². The maximum atomic E-state index is 13.0. The van der Waals surface area contributed by atoms with E-state index in [0.29, 0.717) is 29.6 Å². The fourth-order valence-corrected chi connectivity index (χ4v) is 3.35. The molecule has 1 aliphatic carbocycles. The van der Waals surface area contributed by atoms with Crippen molar-refractivity contribution < 1.29 is 9.59 Å². The molecule has 0 N–H and O–H groups in total. The predicted molar refractivity (Wildman–Crippen MR) is 97.5 cm³/mol. The molecule has 2 rings (SSSR count). The van der Waals surface area contributed by atoms with E-state index in [9.17, 15) is 9.59 Å². The van der Waals surface area contributed by atoms with Gasteiger partial charge in [-0.15, -0.1) is 0 Å². The lowest BCUT2D eigenvalue weighted by Gasteiger charge is -2.35. The van der Waals surface area contributed by atoms with Gasteiger partial charge in [0.25, 0.3) is 0 Å². The van der Waals surface area contributed by atoms with Crippen molar-refractivity contribution in [2.24, 2.45) is 23.7 Å². The van der Waals surface area contributed by atoms with Crippen LogP contribution in [-0.4, -0.2) is 47.8 Å². The second kappa shape index (κ2) is 8.87. The first-order valence-electron chi connectivity index (χ1n) is 9.96. The maximum absolute atomic E-state index is 13.0. The van der Waals surface area contributed by atoms with Gasteiger partial charge in [-0.1, -0.05) is 27.7 Å². The van der Waals surface area contributed by atoms with E-state index in [1.54, 1.807) is 0 Å². The Morgan fingerprint density at radius 3 is 1.79 bits per heavy atom. The molecule has 1 saturated heterocycles. The first kappa shape index (κ1) is 19.3. The fraction of sp³-hybridized carbons (Fsp3) is 0.900. The quantitative estimate of drug-likeness (QED) is 0.680. The van der Waals surface area contributed by atoms with Gasteiger partial charge in [0.2, 0.25) is 11.8 Å². The van der Waals surface area contributed by atoms with Crippen LogP contribution in [0.1, 0.15) is 66.2 Å². The summed E-state index contributed by atoms with van der Waals surface area (Å²) < 4.78 is 0. The average molecular weight is 337 g/mol. The first-order valence-corrected chi connectivity index (χ1v) is 9.96. The molecular formula is C20H36N2O2. The van der Waals surface area contributed by atoms with E-state index in [1.165, 1.54) is 0 Å². The number of carbonyl (C=O) groups is 2. The van der Waals surface area contributed by atoms with Crippen LogP contribution in [-0.2, 0) is 9.59 Å². The lowest BCUT2D eigenvalue weighted by molar-refractivity contribution is -0.141. The standard InChI is InChI=1S/C20H36N2O2/c1-15(2)7-11-21(12-8-16(3)4)20(24)18-9-13-22(14-10-18)19(23)17-5-6-17/h15-18H,5-14H2,1-4H3.